The van der Waals surface area contributed by atoms with Gasteiger partial charge >= 0.3 is 5.97 Å². The summed E-state index contributed by atoms with van der Waals surface area (Å²) in [5, 5.41) is 6.84. The van der Waals surface area contributed by atoms with Crippen LogP contribution in [0.15, 0.2) is 0 Å². The molecule has 0 bridgehead atoms. The van der Waals surface area contributed by atoms with E-state index in [2.05, 4.69) is 20.6 Å². The first-order valence-corrected chi connectivity index (χ1v) is 7.70. The van der Waals surface area contributed by atoms with Gasteiger partial charge in [0.2, 0.25) is 5.28 Å². The van der Waals surface area contributed by atoms with E-state index in [0.29, 0.717) is 18.0 Å². The number of nitrogens with one attached hydrogen (secondary N) is 2. The lowest BCUT2D eigenvalue weighted by Crippen LogP contribution is -2.36. The van der Waals surface area contributed by atoms with Gasteiger partial charge in [0.15, 0.2) is 0 Å². The Balaban J connectivity index is 0.00000242. The SMILES string of the molecule is CCOC(=O)Cc1c(Cl)nc(Cl)nc1NC1CCNCC1.Cl.Cl. The molecule has 0 unspecified atom stereocenters. The van der Waals surface area contributed by atoms with Gasteiger partial charge in [-0.2, -0.15) is 0 Å². The van der Waals surface area contributed by atoms with Crippen molar-refractivity contribution in [1.29, 1.82) is 0 Å². The molecule has 1 aliphatic rings. The highest BCUT2D eigenvalue weighted by atomic mass is 35.5. The predicted molar refractivity (Wildman–Crippen MR) is 96.4 cm³/mol. The summed E-state index contributed by atoms with van der Waals surface area (Å²) in [5.41, 5.74) is 0.526. The quantitative estimate of drug-likeness (QED) is 0.445. The van der Waals surface area contributed by atoms with Crippen molar-refractivity contribution in [2.45, 2.75) is 32.2 Å². The molecule has 2 rings (SSSR count). The number of esters is 1. The zero-order valence-corrected chi connectivity index (χ0v) is 15.7. The number of ether oxygens (including phenoxy) is 1. The van der Waals surface area contributed by atoms with E-state index < -0.39 is 0 Å². The topological polar surface area (TPSA) is 76.1 Å². The molecule has 6 nitrogen and oxygen atoms in total. The smallest absolute Gasteiger partial charge is 0.310 e. The summed E-state index contributed by atoms with van der Waals surface area (Å²) >= 11 is 12.0. The van der Waals surface area contributed by atoms with Crippen molar-refractivity contribution in [2.24, 2.45) is 0 Å². The van der Waals surface area contributed by atoms with Crippen molar-refractivity contribution < 1.29 is 9.53 Å². The second kappa shape index (κ2) is 11.1. The van der Waals surface area contributed by atoms with Gasteiger partial charge in [0.25, 0.3) is 0 Å². The molecule has 1 saturated heterocycles. The normalized spacial score (nSPS) is 14.4. The largest absolute Gasteiger partial charge is 0.466 e. The molecule has 2 N–H and O–H groups in total. The van der Waals surface area contributed by atoms with Gasteiger partial charge in [0.05, 0.1) is 13.0 Å². The Morgan fingerprint density at radius 3 is 2.57 bits per heavy atom. The van der Waals surface area contributed by atoms with Crippen molar-refractivity contribution in [3.63, 3.8) is 0 Å². The maximum Gasteiger partial charge on any atom is 0.310 e. The lowest BCUT2D eigenvalue weighted by Gasteiger charge is -2.25. The Kier molecular flexibility index (Phi) is 10.8. The fraction of sp³-hybridized carbons (Fsp3) is 0.615. The summed E-state index contributed by atoms with van der Waals surface area (Å²) < 4.78 is 4.95. The second-order valence-corrected chi connectivity index (χ2v) is 5.46. The minimum absolute atomic E-state index is 0. The molecule has 0 aromatic carbocycles. The summed E-state index contributed by atoms with van der Waals surface area (Å²) in [6, 6.07) is 0.272. The number of carbonyl (C=O) groups is 1. The van der Waals surface area contributed by atoms with Crippen molar-refractivity contribution in [3.05, 3.63) is 16.0 Å². The number of aromatic nitrogens is 2. The zero-order valence-electron chi connectivity index (χ0n) is 12.6. The number of rotatable bonds is 5. The van der Waals surface area contributed by atoms with Gasteiger partial charge in [-0.05, 0) is 44.5 Å². The van der Waals surface area contributed by atoms with Gasteiger partial charge in [-0.3, -0.25) is 4.79 Å². The molecule has 1 aromatic heterocycles. The van der Waals surface area contributed by atoms with Crippen LogP contribution in [0.1, 0.15) is 25.3 Å². The number of halogens is 4. The standard InChI is InChI=1S/C13H18Cl2N4O2.2ClH/c1-2-21-10(20)7-9-11(14)18-13(15)19-12(9)17-8-3-5-16-6-4-8;;/h8,16H,2-7H2,1H3,(H,17,18,19);2*1H. The third kappa shape index (κ3) is 6.85. The van der Waals surface area contributed by atoms with Crippen LogP contribution in [0.2, 0.25) is 10.4 Å². The van der Waals surface area contributed by atoms with Crippen molar-refractivity contribution >= 4 is 59.8 Å². The lowest BCUT2D eigenvalue weighted by molar-refractivity contribution is -0.142. The first-order chi connectivity index (χ1) is 10.1. The van der Waals surface area contributed by atoms with Gasteiger partial charge in [0, 0.05) is 11.6 Å². The van der Waals surface area contributed by atoms with Gasteiger partial charge in [0.1, 0.15) is 11.0 Å². The van der Waals surface area contributed by atoms with Crippen LogP contribution in [0.3, 0.4) is 0 Å². The Labute approximate surface area is 157 Å². The Bertz CT molecular complexity index is 513. The molecular weight excluding hydrogens is 386 g/mol. The molecule has 0 radical (unpaired) electrons. The summed E-state index contributed by atoms with van der Waals surface area (Å²) in [6.07, 6.45) is 1.97. The summed E-state index contributed by atoms with van der Waals surface area (Å²) in [4.78, 5) is 19.8. The minimum Gasteiger partial charge on any atom is -0.466 e. The average molecular weight is 406 g/mol. The van der Waals surface area contributed by atoms with Gasteiger partial charge in [-0.25, -0.2) is 9.97 Å². The maximum absolute atomic E-state index is 11.7. The third-order valence-electron chi connectivity index (χ3n) is 3.24. The molecule has 132 valence electrons. The van der Waals surface area contributed by atoms with E-state index in [1.54, 1.807) is 6.92 Å². The lowest BCUT2D eigenvalue weighted by atomic mass is 10.1. The molecule has 1 aromatic rings. The fourth-order valence-electron chi connectivity index (χ4n) is 2.22. The number of anilines is 1. The molecule has 0 spiro atoms. The van der Waals surface area contributed by atoms with Crippen LogP contribution in [0.4, 0.5) is 5.82 Å². The van der Waals surface area contributed by atoms with Crippen molar-refractivity contribution in [3.8, 4) is 0 Å². The molecule has 0 amide bonds. The number of nitrogens with zero attached hydrogens (tertiary/aromatic N) is 2. The number of carbonyl (C=O) groups excluding carboxylic acids is 1. The van der Waals surface area contributed by atoms with Crippen LogP contribution in [0.25, 0.3) is 0 Å². The summed E-state index contributed by atoms with van der Waals surface area (Å²) in [5.74, 6) is 0.152. The van der Waals surface area contributed by atoms with Crippen LogP contribution in [0.5, 0.6) is 0 Å². The molecular formula is C13H20Cl4N4O2. The number of piperidine rings is 1. The Hall–Kier alpha value is -0.530. The molecule has 1 fully saturated rings. The van der Waals surface area contributed by atoms with Crippen LogP contribution in [0, 0.1) is 0 Å². The van der Waals surface area contributed by atoms with Gasteiger partial charge in [-0.15, -0.1) is 24.8 Å². The van der Waals surface area contributed by atoms with E-state index in [-0.39, 0.29) is 53.7 Å². The average Bonchev–Trinajstić information content (AvgIpc) is 2.44. The van der Waals surface area contributed by atoms with E-state index in [9.17, 15) is 4.79 Å². The van der Waals surface area contributed by atoms with Crippen LogP contribution in [-0.4, -0.2) is 41.7 Å². The second-order valence-electron chi connectivity index (χ2n) is 4.76. The van der Waals surface area contributed by atoms with Crippen LogP contribution < -0.4 is 10.6 Å². The molecule has 23 heavy (non-hydrogen) atoms. The molecule has 0 aliphatic carbocycles. The van der Waals surface area contributed by atoms with Crippen LogP contribution >= 0.6 is 48.0 Å². The predicted octanol–water partition coefficient (Wildman–Crippen LogP) is 2.90. The van der Waals surface area contributed by atoms with E-state index in [1.165, 1.54) is 0 Å². The van der Waals surface area contributed by atoms with E-state index in [0.717, 1.165) is 25.9 Å². The van der Waals surface area contributed by atoms with Crippen molar-refractivity contribution in [2.75, 3.05) is 25.0 Å². The number of hydrogen-bond acceptors (Lipinski definition) is 6. The minimum atomic E-state index is -0.362. The summed E-state index contributed by atoms with van der Waals surface area (Å²) in [6.45, 7) is 3.96. The third-order valence-corrected chi connectivity index (χ3v) is 3.72. The highest BCUT2D eigenvalue weighted by Gasteiger charge is 2.20. The van der Waals surface area contributed by atoms with Gasteiger partial charge < -0.3 is 15.4 Å². The first kappa shape index (κ1) is 22.5. The monoisotopic (exact) mass is 404 g/mol. The first-order valence-electron chi connectivity index (χ1n) is 6.95. The molecule has 0 saturated carbocycles. The van der Waals surface area contributed by atoms with E-state index in [4.69, 9.17) is 27.9 Å². The molecule has 2 heterocycles. The Morgan fingerprint density at radius 2 is 1.96 bits per heavy atom. The highest BCUT2D eigenvalue weighted by molar-refractivity contribution is 6.32. The summed E-state index contributed by atoms with van der Waals surface area (Å²) in [7, 11) is 0. The van der Waals surface area contributed by atoms with E-state index >= 15 is 0 Å². The van der Waals surface area contributed by atoms with Gasteiger partial charge in [-0.1, -0.05) is 11.6 Å². The fourth-order valence-corrected chi connectivity index (χ4v) is 2.67. The maximum atomic E-state index is 11.7. The molecule has 10 heteroatoms. The zero-order chi connectivity index (χ0) is 15.2. The Morgan fingerprint density at radius 1 is 1.30 bits per heavy atom. The molecule has 1 aliphatic heterocycles. The van der Waals surface area contributed by atoms with Crippen molar-refractivity contribution in [1.82, 2.24) is 15.3 Å². The molecule has 0 atom stereocenters. The number of hydrogen-bond donors (Lipinski definition) is 2. The van der Waals surface area contributed by atoms with Crippen LogP contribution in [-0.2, 0) is 16.0 Å². The highest BCUT2D eigenvalue weighted by Crippen LogP contribution is 2.25. The van der Waals surface area contributed by atoms with E-state index in [1.807, 2.05) is 0 Å².